The maximum Gasteiger partial charge on any atom is 0.337 e. The van der Waals surface area contributed by atoms with Gasteiger partial charge in [-0.2, -0.15) is 0 Å². The Balaban J connectivity index is 2.95. The lowest BCUT2D eigenvalue weighted by molar-refractivity contribution is 0.0696. The van der Waals surface area contributed by atoms with Gasteiger partial charge in [-0.05, 0) is 25.4 Å². The Morgan fingerprint density at radius 1 is 1.64 bits per heavy atom. The molecule has 14 heavy (non-hydrogen) atoms. The molecule has 1 aromatic heterocycles. The average Bonchev–Trinajstić information content (AvgIpc) is 2.07. The van der Waals surface area contributed by atoms with Gasteiger partial charge in [-0.25, -0.2) is 9.78 Å². The van der Waals surface area contributed by atoms with Gasteiger partial charge in [-0.3, -0.25) is 0 Å². The lowest BCUT2D eigenvalue weighted by atomic mass is 9.96. The van der Waals surface area contributed by atoms with Crippen LogP contribution in [0.25, 0.3) is 0 Å². The molecule has 0 aliphatic rings. The molecule has 0 saturated carbocycles. The van der Waals surface area contributed by atoms with Crippen LogP contribution in [0.5, 0.6) is 5.88 Å². The number of hydrogen-bond acceptors (Lipinski definition) is 3. The number of ether oxygens (including phenoxy) is 1. The van der Waals surface area contributed by atoms with Crippen molar-refractivity contribution in [3.05, 3.63) is 17.8 Å². The van der Waals surface area contributed by atoms with Crippen LogP contribution in [0, 0.1) is 0 Å². The van der Waals surface area contributed by atoms with Gasteiger partial charge in [0.05, 0.1) is 11.7 Å². The molecule has 0 aliphatic carbocycles. The van der Waals surface area contributed by atoms with E-state index in [0.717, 1.165) is 0 Å². The molecular weight excluding hydrogens is 181 g/mol. The highest BCUT2D eigenvalue weighted by Crippen LogP contribution is 2.05. The highest BCUT2D eigenvalue weighted by molar-refractivity contribution is 6.34. The summed E-state index contributed by atoms with van der Waals surface area (Å²) in [5, 5.41) is 8.65. The zero-order valence-electron chi connectivity index (χ0n) is 8.02. The Labute approximate surface area is 83.3 Å². The van der Waals surface area contributed by atoms with E-state index in [2.05, 4.69) is 4.98 Å². The molecule has 0 amide bonds. The Kier molecular flexibility index (Phi) is 3.12. The third-order valence-corrected chi connectivity index (χ3v) is 1.47. The monoisotopic (exact) mass is 191 g/mol. The van der Waals surface area contributed by atoms with Crippen LogP contribution in [0.1, 0.15) is 24.2 Å². The van der Waals surface area contributed by atoms with E-state index in [0.29, 0.717) is 0 Å². The minimum absolute atomic E-state index is 0.0412. The lowest BCUT2D eigenvalue weighted by Crippen LogP contribution is -2.17. The van der Waals surface area contributed by atoms with E-state index < -0.39 is 5.97 Å². The second-order valence-corrected chi connectivity index (χ2v) is 3.09. The lowest BCUT2D eigenvalue weighted by Gasteiger charge is -2.11. The summed E-state index contributed by atoms with van der Waals surface area (Å²) in [6.45, 7) is 3.68. The fraction of sp³-hybridized carbons (Fsp3) is 0.333. The van der Waals surface area contributed by atoms with Gasteiger partial charge in [0.1, 0.15) is 7.85 Å². The molecule has 0 aromatic carbocycles. The largest absolute Gasteiger partial charge is 0.478 e. The van der Waals surface area contributed by atoms with Crippen molar-refractivity contribution in [2.75, 3.05) is 0 Å². The molecule has 1 heterocycles. The van der Waals surface area contributed by atoms with Crippen LogP contribution in [0.15, 0.2) is 12.3 Å². The zero-order valence-corrected chi connectivity index (χ0v) is 8.02. The molecule has 0 saturated heterocycles. The van der Waals surface area contributed by atoms with Crippen molar-refractivity contribution >= 4 is 19.3 Å². The van der Waals surface area contributed by atoms with Crippen molar-refractivity contribution in [1.82, 2.24) is 4.98 Å². The number of pyridine rings is 1. The zero-order chi connectivity index (χ0) is 10.7. The highest BCUT2D eigenvalue weighted by atomic mass is 16.5. The molecule has 0 spiro atoms. The van der Waals surface area contributed by atoms with Crippen LogP contribution in [-0.4, -0.2) is 30.0 Å². The summed E-state index contributed by atoms with van der Waals surface area (Å²) in [5.74, 6) is -0.787. The predicted octanol–water partition coefficient (Wildman–Crippen LogP) is 0.361. The molecule has 0 fully saturated rings. The summed E-state index contributed by atoms with van der Waals surface area (Å²) in [7, 11) is 5.56. The molecule has 5 heteroatoms. The molecule has 0 aliphatic heterocycles. The Morgan fingerprint density at radius 2 is 2.29 bits per heavy atom. The summed E-state index contributed by atoms with van der Waals surface area (Å²) in [4.78, 5) is 14.4. The first-order valence-corrected chi connectivity index (χ1v) is 4.16. The first-order chi connectivity index (χ1) is 6.50. The number of carboxylic acids is 1. The Morgan fingerprint density at radius 3 is 2.71 bits per heavy atom. The molecule has 2 radical (unpaired) electrons. The highest BCUT2D eigenvalue weighted by Gasteiger charge is 2.08. The SMILES string of the molecule is [B]c1cc(C(=O)O)cnc1OC(C)C. The third kappa shape index (κ3) is 2.48. The van der Waals surface area contributed by atoms with Crippen LogP contribution in [0.3, 0.4) is 0 Å². The van der Waals surface area contributed by atoms with Crippen LogP contribution in [0.2, 0.25) is 0 Å². The normalized spacial score (nSPS) is 10.2. The van der Waals surface area contributed by atoms with Gasteiger partial charge in [-0.1, -0.05) is 0 Å². The summed E-state index contributed by atoms with van der Waals surface area (Å²) in [6, 6.07) is 1.33. The molecule has 1 rings (SSSR count). The van der Waals surface area contributed by atoms with Gasteiger partial charge >= 0.3 is 5.97 Å². The third-order valence-electron chi connectivity index (χ3n) is 1.47. The maximum atomic E-state index is 10.6. The summed E-state index contributed by atoms with van der Waals surface area (Å²) >= 11 is 0. The molecular formula is C9H10BNO3. The second kappa shape index (κ2) is 4.13. The number of carbonyl (C=O) groups is 1. The fourth-order valence-electron chi connectivity index (χ4n) is 0.908. The molecule has 72 valence electrons. The van der Waals surface area contributed by atoms with Gasteiger partial charge < -0.3 is 9.84 Å². The van der Waals surface area contributed by atoms with Crippen LogP contribution >= 0.6 is 0 Å². The summed E-state index contributed by atoms with van der Waals surface area (Å²) in [6.07, 6.45) is 1.18. The van der Waals surface area contributed by atoms with Crippen molar-refractivity contribution in [2.24, 2.45) is 0 Å². The van der Waals surface area contributed by atoms with Crippen molar-refractivity contribution in [1.29, 1.82) is 0 Å². The van der Waals surface area contributed by atoms with Gasteiger partial charge in [0.2, 0.25) is 5.88 Å². The average molecular weight is 191 g/mol. The molecule has 1 N–H and O–H groups in total. The Hall–Kier alpha value is -1.52. The first-order valence-electron chi connectivity index (χ1n) is 4.16. The minimum Gasteiger partial charge on any atom is -0.478 e. The van der Waals surface area contributed by atoms with Gasteiger partial charge in [0.25, 0.3) is 0 Å². The number of aromatic nitrogens is 1. The quantitative estimate of drug-likeness (QED) is 0.700. The number of aromatic carboxylic acids is 1. The molecule has 0 unspecified atom stereocenters. The van der Waals surface area contributed by atoms with Crippen LogP contribution < -0.4 is 10.2 Å². The van der Waals surface area contributed by atoms with Gasteiger partial charge in [-0.15, -0.1) is 0 Å². The van der Waals surface area contributed by atoms with E-state index in [1.165, 1.54) is 12.3 Å². The predicted molar refractivity (Wildman–Crippen MR) is 52.3 cm³/mol. The van der Waals surface area contributed by atoms with Gasteiger partial charge in [0.15, 0.2) is 0 Å². The van der Waals surface area contributed by atoms with Crippen LogP contribution in [-0.2, 0) is 0 Å². The summed E-state index contributed by atoms with van der Waals surface area (Å²) < 4.78 is 5.25. The van der Waals surface area contributed by atoms with E-state index >= 15 is 0 Å². The topological polar surface area (TPSA) is 59.4 Å². The number of rotatable bonds is 3. The number of carboxylic acid groups (broad SMARTS) is 1. The minimum atomic E-state index is -1.06. The smallest absolute Gasteiger partial charge is 0.337 e. The van der Waals surface area contributed by atoms with Crippen molar-refractivity contribution < 1.29 is 14.6 Å². The van der Waals surface area contributed by atoms with Crippen LogP contribution in [0.4, 0.5) is 0 Å². The second-order valence-electron chi connectivity index (χ2n) is 3.09. The molecule has 0 bridgehead atoms. The van der Waals surface area contributed by atoms with Crippen molar-refractivity contribution in [2.45, 2.75) is 20.0 Å². The van der Waals surface area contributed by atoms with Crippen molar-refractivity contribution in [3.8, 4) is 5.88 Å². The number of nitrogens with zero attached hydrogens (tertiary/aromatic N) is 1. The van der Waals surface area contributed by atoms with E-state index in [1.807, 2.05) is 13.8 Å². The van der Waals surface area contributed by atoms with Gasteiger partial charge in [0, 0.05) is 6.20 Å². The van der Waals surface area contributed by atoms with E-state index in [9.17, 15) is 4.79 Å². The first kappa shape index (κ1) is 10.6. The van der Waals surface area contributed by atoms with E-state index in [4.69, 9.17) is 17.7 Å². The fourth-order valence-corrected chi connectivity index (χ4v) is 0.908. The molecule has 1 aromatic rings. The number of hydrogen-bond donors (Lipinski definition) is 1. The summed E-state index contributed by atoms with van der Waals surface area (Å²) in [5.41, 5.74) is 0.289. The standard InChI is InChI=1S/C9H10BNO3/c1-5(2)14-8-7(10)3-6(4-11-8)9(12)13/h3-5H,1-2H3,(H,12,13). The maximum absolute atomic E-state index is 10.6. The molecule has 0 atom stereocenters. The van der Waals surface area contributed by atoms with E-state index in [1.54, 1.807) is 0 Å². The molecule has 4 nitrogen and oxygen atoms in total. The Bertz CT molecular complexity index is 352. The van der Waals surface area contributed by atoms with Crippen molar-refractivity contribution in [3.63, 3.8) is 0 Å². The van der Waals surface area contributed by atoms with E-state index in [-0.39, 0.29) is 23.0 Å².